The first-order chi connectivity index (χ1) is 10.2. The monoisotopic (exact) mass is 285 g/mol. The normalized spacial score (nSPS) is 11.0. The number of benzene rings is 1. The Bertz CT molecular complexity index is 788. The Hall–Kier alpha value is -2.63. The van der Waals surface area contributed by atoms with E-state index in [1.54, 1.807) is 0 Å². The molecular formula is C15H15N3O3. The van der Waals surface area contributed by atoms with E-state index in [2.05, 4.69) is 10.2 Å². The summed E-state index contributed by atoms with van der Waals surface area (Å²) in [5.74, 6) is 0.652. The average Bonchev–Trinajstić information content (AvgIpc) is 3.12. The molecule has 108 valence electrons. The van der Waals surface area contributed by atoms with Gasteiger partial charge in [-0.2, -0.15) is 0 Å². The van der Waals surface area contributed by atoms with Crippen LogP contribution in [0.15, 0.2) is 34.7 Å². The number of esters is 1. The van der Waals surface area contributed by atoms with E-state index in [0.717, 1.165) is 10.9 Å². The van der Waals surface area contributed by atoms with Crippen molar-refractivity contribution in [1.29, 1.82) is 0 Å². The average molecular weight is 285 g/mol. The lowest BCUT2D eigenvalue weighted by Gasteiger charge is -2.06. The number of ether oxygens (including phenoxy) is 1. The summed E-state index contributed by atoms with van der Waals surface area (Å²) in [6.07, 6.45) is 0.671. The maximum atomic E-state index is 11.7. The standard InChI is InChI=1S/C15H15N3O3/c1-3-13-16-17-15(21-13)12-8-10-6-4-5-7-11(10)18(12)9-14(19)20-2/h4-8H,3,9H2,1-2H3. The summed E-state index contributed by atoms with van der Waals surface area (Å²) in [5.41, 5.74) is 1.64. The number of methoxy groups -OCH3 is 1. The topological polar surface area (TPSA) is 70.2 Å². The molecule has 0 bridgehead atoms. The van der Waals surface area contributed by atoms with Gasteiger partial charge in [-0.25, -0.2) is 0 Å². The zero-order valence-corrected chi connectivity index (χ0v) is 11.9. The van der Waals surface area contributed by atoms with E-state index in [0.29, 0.717) is 23.9 Å². The van der Waals surface area contributed by atoms with Gasteiger partial charge < -0.3 is 13.7 Å². The number of carbonyl (C=O) groups excluding carboxylic acids is 1. The van der Waals surface area contributed by atoms with Gasteiger partial charge in [-0.3, -0.25) is 4.79 Å². The Labute approximate surface area is 121 Å². The molecule has 0 aliphatic carbocycles. The minimum Gasteiger partial charge on any atom is -0.468 e. The van der Waals surface area contributed by atoms with Gasteiger partial charge in [0.1, 0.15) is 12.2 Å². The Morgan fingerprint density at radius 3 is 2.86 bits per heavy atom. The molecule has 0 saturated carbocycles. The van der Waals surface area contributed by atoms with Crippen LogP contribution in [0.25, 0.3) is 22.5 Å². The molecule has 0 saturated heterocycles. The molecule has 0 N–H and O–H groups in total. The van der Waals surface area contributed by atoms with Gasteiger partial charge >= 0.3 is 5.97 Å². The number of rotatable bonds is 4. The van der Waals surface area contributed by atoms with Crippen molar-refractivity contribution < 1.29 is 13.9 Å². The number of hydrogen-bond donors (Lipinski definition) is 0. The van der Waals surface area contributed by atoms with Gasteiger partial charge in [0.2, 0.25) is 5.89 Å². The Kier molecular flexibility index (Phi) is 3.43. The van der Waals surface area contributed by atoms with E-state index >= 15 is 0 Å². The molecule has 3 rings (SSSR count). The molecule has 0 fully saturated rings. The Balaban J connectivity index is 2.15. The van der Waals surface area contributed by atoms with Crippen LogP contribution >= 0.6 is 0 Å². The molecule has 2 aromatic heterocycles. The number of aromatic nitrogens is 3. The fraction of sp³-hybridized carbons (Fsp3) is 0.267. The van der Waals surface area contributed by atoms with Crippen molar-refractivity contribution in [3.8, 4) is 11.6 Å². The Morgan fingerprint density at radius 1 is 1.33 bits per heavy atom. The molecule has 3 aromatic rings. The van der Waals surface area contributed by atoms with E-state index in [-0.39, 0.29) is 12.5 Å². The third-order valence-electron chi connectivity index (χ3n) is 3.31. The van der Waals surface area contributed by atoms with E-state index in [9.17, 15) is 4.79 Å². The summed E-state index contributed by atoms with van der Waals surface area (Å²) in [7, 11) is 1.37. The first-order valence-electron chi connectivity index (χ1n) is 6.70. The van der Waals surface area contributed by atoms with Crippen LogP contribution in [0.3, 0.4) is 0 Å². The summed E-state index contributed by atoms with van der Waals surface area (Å²) < 4.78 is 12.2. The molecule has 0 unspecified atom stereocenters. The lowest BCUT2D eigenvalue weighted by atomic mass is 10.2. The van der Waals surface area contributed by atoms with Crippen LogP contribution in [0, 0.1) is 0 Å². The van der Waals surface area contributed by atoms with Gasteiger partial charge in [-0.05, 0) is 12.1 Å². The molecule has 6 heteroatoms. The van der Waals surface area contributed by atoms with Crippen LogP contribution in [0.2, 0.25) is 0 Å². The fourth-order valence-corrected chi connectivity index (χ4v) is 2.25. The van der Waals surface area contributed by atoms with Crippen molar-refractivity contribution in [2.45, 2.75) is 19.9 Å². The zero-order valence-electron chi connectivity index (χ0n) is 11.9. The molecule has 6 nitrogen and oxygen atoms in total. The summed E-state index contributed by atoms with van der Waals surface area (Å²) in [5, 5.41) is 9.04. The van der Waals surface area contributed by atoms with Crippen molar-refractivity contribution >= 4 is 16.9 Å². The predicted octanol–water partition coefficient (Wildman–Crippen LogP) is 2.43. The minimum atomic E-state index is -0.326. The fourth-order valence-electron chi connectivity index (χ4n) is 2.25. The molecule has 21 heavy (non-hydrogen) atoms. The highest BCUT2D eigenvalue weighted by Gasteiger charge is 2.17. The molecule has 1 aromatic carbocycles. The van der Waals surface area contributed by atoms with Gasteiger partial charge in [0.25, 0.3) is 5.89 Å². The summed E-state index contributed by atoms with van der Waals surface area (Å²) >= 11 is 0. The predicted molar refractivity (Wildman–Crippen MR) is 76.6 cm³/mol. The largest absolute Gasteiger partial charge is 0.468 e. The third kappa shape index (κ3) is 2.40. The third-order valence-corrected chi connectivity index (χ3v) is 3.31. The molecular weight excluding hydrogens is 270 g/mol. The maximum Gasteiger partial charge on any atom is 0.325 e. The first-order valence-corrected chi connectivity index (χ1v) is 6.70. The number of hydrogen-bond acceptors (Lipinski definition) is 5. The van der Waals surface area contributed by atoms with Crippen molar-refractivity contribution in [2.75, 3.05) is 7.11 Å². The number of carbonyl (C=O) groups is 1. The maximum absolute atomic E-state index is 11.7. The van der Waals surface area contributed by atoms with Gasteiger partial charge in [-0.15, -0.1) is 10.2 Å². The van der Waals surface area contributed by atoms with Crippen LogP contribution < -0.4 is 0 Å². The van der Waals surface area contributed by atoms with Crippen molar-refractivity contribution in [3.63, 3.8) is 0 Å². The van der Waals surface area contributed by atoms with Crippen LogP contribution in [-0.2, 0) is 22.5 Å². The number of nitrogens with zero attached hydrogens (tertiary/aromatic N) is 3. The summed E-state index contributed by atoms with van der Waals surface area (Å²) in [6, 6.07) is 9.72. The zero-order chi connectivity index (χ0) is 14.8. The minimum absolute atomic E-state index is 0.100. The second kappa shape index (κ2) is 5.40. The van der Waals surface area contributed by atoms with Gasteiger partial charge in [0.05, 0.1) is 7.11 Å². The van der Waals surface area contributed by atoms with Gasteiger partial charge in [0.15, 0.2) is 0 Å². The van der Waals surface area contributed by atoms with Crippen molar-refractivity contribution in [2.24, 2.45) is 0 Å². The van der Waals surface area contributed by atoms with E-state index in [1.807, 2.05) is 41.8 Å². The summed E-state index contributed by atoms with van der Waals surface area (Å²) in [4.78, 5) is 11.7. The molecule has 0 radical (unpaired) electrons. The van der Waals surface area contributed by atoms with Crippen LogP contribution in [0.4, 0.5) is 0 Å². The van der Waals surface area contributed by atoms with E-state index in [4.69, 9.17) is 9.15 Å². The van der Waals surface area contributed by atoms with Gasteiger partial charge in [-0.1, -0.05) is 25.1 Å². The van der Waals surface area contributed by atoms with E-state index < -0.39 is 0 Å². The van der Waals surface area contributed by atoms with Crippen molar-refractivity contribution in [3.05, 3.63) is 36.2 Å². The van der Waals surface area contributed by atoms with Crippen LogP contribution in [0.1, 0.15) is 12.8 Å². The highest BCUT2D eigenvalue weighted by molar-refractivity contribution is 5.87. The lowest BCUT2D eigenvalue weighted by Crippen LogP contribution is -2.12. The van der Waals surface area contributed by atoms with E-state index in [1.165, 1.54) is 7.11 Å². The number of aryl methyl sites for hydroxylation is 1. The first kappa shape index (κ1) is 13.4. The molecule has 2 heterocycles. The van der Waals surface area contributed by atoms with Crippen LogP contribution in [0.5, 0.6) is 0 Å². The molecule has 0 spiro atoms. The summed E-state index contributed by atoms with van der Waals surface area (Å²) in [6.45, 7) is 2.05. The number of fused-ring (bicyclic) bond motifs is 1. The second-order valence-electron chi connectivity index (χ2n) is 4.61. The molecule has 0 aliphatic rings. The molecule has 0 atom stereocenters. The highest BCUT2D eigenvalue weighted by Crippen LogP contribution is 2.27. The highest BCUT2D eigenvalue weighted by atomic mass is 16.5. The Morgan fingerprint density at radius 2 is 2.14 bits per heavy atom. The van der Waals surface area contributed by atoms with Crippen LogP contribution in [-0.4, -0.2) is 27.8 Å². The molecule has 0 aliphatic heterocycles. The SMILES string of the molecule is CCc1nnc(-c2cc3ccccc3n2CC(=O)OC)o1. The number of para-hydroxylation sites is 1. The smallest absolute Gasteiger partial charge is 0.325 e. The van der Waals surface area contributed by atoms with Gasteiger partial charge in [0, 0.05) is 17.3 Å². The second-order valence-corrected chi connectivity index (χ2v) is 4.61. The lowest BCUT2D eigenvalue weighted by molar-refractivity contribution is -0.141. The quantitative estimate of drug-likeness (QED) is 0.688. The van der Waals surface area contributed by atoms with Crippen molar-refractivity contribution in [1.82, 2.24) is 14.8 Å². The molecule has 0 amide bonds.